The molecular weight excluding hydrogens is 602 g/mol. The number of hydrogen-bond donors (Lipinski definition) is 1. The number of anilines is 1. The summed E-state index contributed by atoms with van der Waals surface area (Å²) in [6.45, 7) is 5.55. The Kier molecular flexibility index (Phi) is 11.0. The summed E-state index contributed by atoms with van der Waals surface area (Å²) in [5, 5.41) is 3.22. The molecule has 0 aliphatic carbocycles. The maximum atomic E-state index is 13.9. The van der Waals surface area contributed by atoms with Crippen LogP contribution in [-0.4, -0.2) is 44.3 Å². The van der Waals surface area contributed by atoms with Crippen molar-refractivity contribution >= 4 is 55.1 Å². The molecule has 0 aliphatic rings. The molecule has 0 aromatic heterocycles. The summed E-state index contributed by atoms with van der Waals surface area (Å²) in [7, 11) is -4.14. The van der Waals surface area contributed by atoms with Gasteiger partial charge >= 0.3 is 0 Å². The van der Waals surface area contributed by atoms with Crippen LogP contribution in [-0.2, 0) is 26.2 Å². The number of amides is 2. The number of nitrogens with zero attached hydrogens (tertiary/aromatic N) is 2. The largest absolute Gasteiger partial charge is 0.354 e. The van der Waals surface area contributed by atoms with Crippen molar-refractivity contribution in [3.63, 3.8) is 0 Å². The average molecular weight is 635 g/mol. The predicted octanol–water partition coefficient (Wildman–Crippen LogP) is 5.94. The molecule has 2 amide bonds. The number of halogens is 2. The highest BCUT2D eigenvalue weighted by molar-refractivity contribution is 9.10. The van der Waals surface area contributed by atoms with Gasteiger partial charge in [0.15, 0.2) is 0 Å². The lowest BCUT2D eigenvalue weighted by Gasteiger charge is -2.32. The molecule has 0 saturated heterocycles. The lowest BCUT2D eigenvalue weighted by Crippen LogP contribution is -2.51. The van der Waals surface area contributed by atoms with Gasteiger partial charge in [-0.15, -0.1) is 0 Å². The summed E-state index contributed by atoms with van der Waals surface area (Å²) >= 11 is 9.67. The maximum absolute atomic E-state index is 13.9. The third-order valence-corrected chi connectivity index (χ3v) is 8.85. The van der Waals surface area contributed by atoms with Crippen LogP contribution in [0.5, 0.6) is 0 Å². The first-order chi connectivity index (χ1) is 18.5. The Morgan fingerprint density at radius 3 is 2.33 bits per heavy atom. The first kappa shape index (κ1) is 30.7. The Hall–Kier alpha value is -2.88. The first-order valence-electron chi connectivity index (χ1n) is 12.7. The van der Waals surface area contributed by atoms with Gasteiger partial charge in [-0.1, -0.05) is 77.3 Å². The minimum Gasteiger partial charge on any atom is -0.354 e. The van der Waals surface area contributed by atoms with Crippen molar-refractivity contribution in [3.8, 4) is 0 Å². The van der Waals surface area contributed by atoms with Gasteiger partial charge in [-0.05, 0) is 67.8 Å². The number of hydrogen-bond acceptors (Lipinski definition) is 4. The molecule has 0 radical (unpaired) electrons. The van der Waals surface area contributed by atoms with Crippen molar-refractivity contribution in [1.29, 1.82) is 0 Å². The summed E-state index contributed by atoms with van der Waals surface area (Å²) in [5.74, 6) is -0.819. The van der Waals surface area contributed by atoms with Gasteiger partial charge in [0.25, 0.3) is 10.0 Å². The molecule has 39 heavy (non-hydrogen) atoms. The number of sulfonamides is 1. The van der Waals surface area contributed by atoms with E-state index in [-0.39, 0.29) is 17.3 Å². The molecule has 3 aromatic rings. The van der Waals surface area contributed by atoms with Crippen molar-refractivity contribution in [3.05, 3.63) is 93.4 Å². The fraction of sp³-hybridized carbons (Fsp3) is 0.310. The van der Waals surface area contributed by atoms with Crippen molar-refractivity contribution in [1.82, 2.24) is 10.2 Å². The summed E-state index contributed by atoms with van der Waals surface area (Å²) in [6, 6.07) is 19.4. The van der Waals surface area contributed by atoms with Crippen LogP contribution in [0.25, 0.3) is 0 Å². The molecule has 0 fully saturated rings. The highest BCUT2D eigenvalue weighted by atomic mass is 79.9. The van der Waals surface area contributed by atoms with Crippen LogP contribution < -0.4 is 9.62 Å². The molecule has 0 saturated carbocycles. The molecular formula is C29H33BrClN3O4S. The summed E-state index contributed by atoms with van der Waals surface area (Å²) < 4.78 is 29.7. The van der Waals surface area contributed by atoms with E-state index in [0.717, 1.165) is 27.2 Å². The van der Waals surface area contributed by atoms with E-state index in [1.165, 1.54) is 23.1 Å². The van der Waals surface area contributed by atoms with Crippen molar-refractivity contribution in [2.45, 2.75) is 51.1 Å². The van der Waals surface area contributed by atoms with E-state index < -0.39 is 28.5 Å². The SMILES string of the molecule is CCCCNC(=O)[C@H](C)N(Cc1ccc(Br)cc1)C(=O)CN(c1cc(Cl)ccc1C)S(=O)(=O)c1ccccc1. The molecule has 3 aromatic carbocycles. The van der Waals surface area contributed by atoms with Gasteiger partial charge in [0, 0.05) is 22.6 Å². The predicted molar refractivity (Wildman–Crippen MR) is 159 cm³/mol. The van der Waals surface area contributed by atoms with Crippen LogP contribution in [0.2, 0.25) is 5.02 Å². The van der Waals surface area contributed by atoms with Gasteiger partial charge in [-0.2, -0.15) is 0 Å². The maximum Gasteiger partial charge on any atom is 0.264 e. The van der Waals surface area contributed by atoms with E-state index in [4.69, 9.17) is 11.6 Å². The molecule has 1 atom stereocenters. The van der Waals surface area contributed by atoms with E-state index in [9.17, 15) is 18.0 Å². The van der Waals surface area contributed by atoms with Crippen LogP contribution in [0, 0.1) is 6.92 Å². The highest BCUT2D eigenvalue weighted by Crippen LogP contribution is 2.30. The minimum absolute atomic E-state index is 0.0435. The summed E-state index contributed by atoms with van der Waals surface area (Å²) in [5.41, 5.74) is 1.73. The number of nitrogens with one attached hydrogen (secondary N) is 1. The Morgan fingerprint density at radius 1 is 1.03 bits per heavy atom. The van der Waals surface area contributed by atoms with Gasteiger partial charge in [0.05, 0.1) is 10.6 Å². The third kappa shape index (κ3) is 8.06. The molecule has 1 N–H and O–H groups in total. The molecule has 0 spiro atoms. The standard InChI is InChI=1S/C29H33BrClN3O4S/c1-4-5-17-32-29(36)22(3)33(19-23-12-14-24(30)15-13-23)28(35)20-34(27-18-25(31)16-11-21(27)2)39(37,38)26-9-7-6-8-10-26/h6-16,18,22H,4-5,17,19-20H2,1-3H3,(H,32,36)/t22-/m0/s1. The average Bonchev–Trinajstić information content (AvgIpc) is 2.92. The quantitative estimate of drug-likeness (QED) is 0.250. The lowest BCUT2D eigenvalue weighted by atomic mass is 10.1. The molecule has 3 rings (SSSR count). The second-order valence-corrected chi connectivity index (χ2v) is 12.4. The molecule has 0 heterocycles. The third-order valence-electron chi connectivity index (χ3n) is 6.31. The van der Waals surface area contributed by atoms with E-state index in [2.05, 4.69) is 21.2 Å². The summed E-state index contributed by atoms with van der Waals surface area (Å²) in [6.07, 6.45) is 1.73. The topological polar surface area (TPSA) is 86.8 Å². The van der Waals surface area contributed by atoms with E-state index in [1.807, 2.05) is 31.2 Å². The van der Waals surface area contributed by atoms with Crippen molar-refractivity contribution in [2.75, 3.05) is 17.4 Å². The summed E-state index contributed by atoms with van der Waals surface area (Å²) in [4.78, 5) is 28.4. The van der Waals surface area contributed by atoms with Gasteiger partial charge in [0.1, 0.15) is 12.6 Å². The zero-order valence-corrected chi connectivity index (χ0v) is 25.4. The van der Waals surface area contributed by atoms with Crippen LogP contribution in [0.1, 0.15) is 37.8 Å². The smallest absolute Gasteiger partial charge is 0.264 e. The van der Waals surface area contributed by atoms with Crippen LogP contribution in [0.4, 0.5) is 5.69 Å². The molecule has 208 valence electrons. The zero-order chi connectivity index (χ0) is 28.6. The monoisotopic (exact) mass is 633 g/mol. The number of unbranched alkanes of at least 4 members (excludes halogenated alkanes) is 1. The van der Waals surface area contributed by atoms with Crippen LogP contribution >= 0.6 is 27.5 Å². The highest BCUT2D eigenvalue weighted by Gasteiger charge is 2.33. The number of rotatable bonds is 12. The number of carbonyl (C=O) groups excluding carboxylic acids is 2. The Balaban J connectivity index is 2.02. The van der Waals surface area contributed by atoms with Gasteiger partial charge in [0.2, 0.25) is 11.8 Å². The van der Waals surface area contributed by atoms with Crippen molar-refractivity contribution in [2.24, 2.45) is 0 Å². The molecule has 7 nitrogen and oxygen atoms in total. The van der Waals surface area contributed by atoms with Gasteiger partial charge in [-0.25, -0.2) is 8.42 Å². The normalized spacial score (nSPS) is 12.0. The molecule has 10 heteroatoms. The van der Waals surface area contributed by atoms with E-state index in [1.54, 1.807) is 44.2 Å². The second kappa shape index (κ2) is 14.0. The van der Waals surface area contributed by atoms with Gasteiger partial charge in [-0.3, -0.25) is 13.9 Å². The lowest BCUT2D eigenvalue weighted by molar-refractivity contribution is -0.139. The van der Waals surface area contributed by atoms with Crippen molar-refractivity contribution < 1.29 is 18.0 Å². The Bertz CT molecular complexity index is 1390. The van der Waals surface area contributed by atoms with Crippen LogP contribution in [0.3, 0.4) is 0 Å². The van der Waals surface area contributed by atoms with Gasteiger partial charge < -0.3 is 10.2 Å². The molecule has 0 bridgehead atoms. The van der Waals surface area contributed by atoms with E-state index in [0.29, 0.717) is 22.8 Å². The van der Waals surface area contributed by atoms with E-state index >= 15 is 0 Å². The fourth-order valence-corrected chi connectivity index (χ4v) is 5.91. The first-order valence-corrected chi connectivity index (χ1v) is 15.3. The molecule has 0 unspecified atom stereocenters. The number of aryl methyl sites for hydroxylation is 1. The Morgan fingerprint density at radius 2 is 1.69 bits per heavy atom. The second-order valence-electron chi connectivity index (χ2n) is 9.22. The number of carbonyl (C=O) groups is 2. The Labute approximate surface area is 244 Å². The number of benzene rings is 3. The molecule has 0 aliphatic heterocycles. The fourth-order valence-electron chi connectivity index (χ4n) is 3.99. The van der Waals surface area contributed by atoms with Crippen LogP contribution in [0.15, 0.2) is 82.2 Å². The zero-order valence-electron chi connectivity index (χ0n) is 22.2. The minimum atomic E-state index is -4.14.